The van der Waals surface area contributed by atoms with Crippen molar-refractivity contribution >= 4 is 37.2 Å². The van der Waals surface area contributed by atoms with Gasteiger partial charge in [0, 0.05) is 26.2 Å². The van der Waals surface area contributed by atoms with E-state index in [-0.39, 0.29) is 37.2 Å². The maximum atomic E-state index is 5.44. The van der Waals surface area contributed by atoms with Gasteiger partial charge in [0.25, 0.3) is 0 Å². The molecule has 0 unspecified atom stereocenters. The van der Waals surface area contributed by atoms with Gasteiger partial charge in [-0.3, -0.25) is 0 Å². The van der Waals surface area contributed by atoms with Crippen molar-refractivity contribution in [3.05, 3.63) is 0 Å². The Balaban J connectivity index is -0.000000480. The maximum absolute atomic E-state index is 5.44. The molecule has 1 heterocycles. The molecule has 2 N–H and O–H groups in total. The molecule has 3 nitrogen and oxygen atoms in total. The number of nitrogens with zero attached hydrogens (tertiary/aromatic N) is 2. The van der Waals surface area contributed by atoms with Gasteiger partial charge in [-0.25, -0.2) is 0 Å². The molecule has 0 amide bonds. The smallest absolute Gasteiger partial charge is 0.0110 e. The van der Waals surface area contributed by atoms with Crippen LogP contribution in [0.4, 0.5) is 0 Å². The van der Waals surface area contributed by atoms with Crippen LogP contribution in [0.3, 0.4) is 0 Å². The number of unbranched alkanes of at least 4 members (excludes halogenated alkanes) is 1. The predicted molar refractivity (Wildman–Crippen MR) is 74.0 cm³/mol. The summed E-state index contributed by atoms with van der Waals surface area (Å²) >= 11 is 0. The predicted octanol–water partition coefficient (Wildman–Crippen LogP) is 1.24. The van der Waals surface area contributed by atoms with Crippen molar-refractivity contribution in [2.24, 2.45) is 5.73 Å². The second-order valence-corrected chi connectivity index (χ2v) is 3.64. The molecule has 1 aliphatic heterocycles. The molecule has 15 heavy (non-hydrogen) atoms. The molecular formula is C9H24Cl3N3. The second kappa shape index (κ2) is 12.8. The van der Waals surface area contributed by atoms with Gasteiger partial charge in [0.15, 0.2) is 0 Å². The summed E-state index contributed by atoms with van der Waals surface area (Å²) in [5.74, 6) is 0. The van der Waals surface area contributed by atoms with Gasteiger partial charge in [0.1, 0.15) is 0 Å². The minimum Gasteiger partial charge on any atom is -0.330 e. The van der Waals surface area contributed by atoms with E-state index in [0.717, 1.165) is 6.54 Å². The van der Waals surface area contributed by atoms with E-state index in [2.05, 4.69) is 16.8 Å². The van der Waals surface area contributed by atoms with Gasteiger partial charge in [-0.1, -0.05) is 0 Å². The van der Waals surface area contributed by atoms with E-state index in [4.69, 9.17) is 5.73 Å². The van der Waals surface area contributed by atoms with Crippen molar-refractivity contribution in [1.29, 1.82) is 0 Å². The van der Waals surface area contributed by atoms with Gasteiger partial charge < -0.3 is 15.5 Å². The number of hydrogen-bond donors (Lipinski definition) is 1. The Hall–Kier alpha value is 0.750. The van der Waals surface area contributed by atoms with Crippen molar-refractivity contribution in [3.63, 3.8) is 0 Å². The SMILES string of the molecule is CN1CCN(CCCCN)CC1.Cl.Cl.Cl. The van der Waals surface area contributed by atoms with Gasteiger partial charge in [-0.15, -0.1) is 37.2 Å². The van der Waals surface area contributed by atoms with Crippen molar-refractivity contribution in [1.82, 2.24) is 9.80 Å². The fourth-order valence-corrected chi connectivity index (χ4v) is 1.55. The number of piperazine rings is 1. The van der Waals surface area contributed by atoms with Crippen LogP contribution in [0.5, 0.6) is 0 Å². The number of halogens is 3. The lowest BCUT2D eigenvalue weighted by atomic mass is 10.2. The molecule has 0 spiro atoms. The highest BCUT2D eigenvalue weighted by atomic mass is 35.5. The summed E-state index contributed by atoms with van der Waals surface area (Å²) in [6.45, 7) is 7.01. The van der Waals surface area contributed by atoms with Crippen LogP contribution >= 0.6 is 37.2 Å². The summed E-state index contributed by atoms with van der Waals surface area (Å²) in [6.07, 6.45) is 2.44. The third-order valence-corrected chi connectivity index (χ3v) is 2.52. The Morgan fingerprint density at radius 1 is 0.933 bits per heavy atom. The van der Waals surface area contributed by atoms with Crippen LogP contribution in [0.1, 0.15) is 12.8 Å². The molecule has 0 saturated carbocycles. The van der Waals surface area contributed by atoms with Gasteiger partial charge >= 0.3 is 0 Å². The van der Waals surface area contributed by atoms with E-state index < -0.39 is 0 Å². The summed E-state index contributed by atoms with van der Waals surface area (Å²) in [5.41, 5.74) is 5.44. The zero-order valence-electron chi connectivity index (χ0n) is 9.35. The average molecular weight is 281 g/mol. The van der Waals surface area contributed by atoms with Crippen molar-refractivity contribution in [2.45, 2.75) is 12.8 Å². The van der Waals surface area contributed by atoms with Gasteiger partial charge in [-0.2, -0.15) is 0 Å². The van der Waals surface area contributed by atoms with E-state index in [1.54, 1.807) is 0 Å². The number of likely N-dealkylation sites (N-methyl/N-ethyl adjacent to an activating group) is 1. The third-order valence-electron chi connectivity index (χ3n) is 2.52. The van der Waals surface area contributed by atoms with Crippen LogP contribution in [-0.4, -0.2) is 56.1 Å². The molecule has 1 saturated heterocycles. The van der Waals surface area contributed by atoms with Crippen molar-refractivity contribution < 1.29 is 0 Å². The summed E-state index contributed by atoms with van der Waals surface area (Å²) in [6, 6.07) is 0. The van der Waals surface area contributed by atoms with E-state index >= 15 is 0 Å². The normalized spacial score (nSPS) is 17.2. The molecule has 1 rings (SSSR count). The van der Waals surface area contributed by atoms with E-state index in [1.165, 1.54) is 45.6 Å². The number of rotatable bonds is 4. The van der Waals surface area contributed by atoms with Crippen LogP contribution in [-0.2, 0) is 0 Å². The summed E-state index contributed by atoms with van der Waals surface area (Å²) < 4.78 is 0. The molecule has 0 aromatic rings. The number of hydrogen-bond acceptors (Lipinski definition) is 3. The fraction of sp³-hybridized carbons (Fsp3) is 1.00. The van der Waals surface area contributed by atoms with Gasteiger partial charge in [0.05, 0.1) is 0 Å². The topological polar surface area (TPSA) is 32.5 Å². The molecule has 0 aliphatic carbocycles. The van der Waals surface area contributed by atoms with Crippen molar-refractivity contribution in [2.75, 3.05) is 46.3 Å². The minimum absolute atomic E-state index is 0. The molecule has 1 aliphatic rings. The Morgan fingerprint density at radius 2 is 1.47 bits per heavy atom. The van der Waals surface area contributed by atoms with Crippen LogP contribution < -0.4 is 5.73 Å². The van der Waals surface area contributed by atoms with E-state index in [9.17, 15) is 0 Å². The molecular weight excluding hydrogens is 256 g/mol. The highest BCUT2D eigenvalue weighted by Crippen LogP contribution is 2.00. The first-order valence-electron chi connectivity index (χ1n) is 4.94. The minimum atomic E-state index is 0. The van der Waals surface area contributed by atoms with Gasteiger partial charge in [0.2, 0.25) is 0 Å². The Kier molecular flexibility index (Phi) is 18.0. The van der Waals surface area contributed by atoms with Crippen molar-refractivity contribution in [3.8, 4) is 0 Å². The highest BCUT2D eigenvalue weighted by Gasteiger charge is 2.12. The standard InChI is InChI=1S/C9H21N3.3ClH/c1-11-6-8-12(9-7-11)5-3-2-4-10;;;/h2-10H2,1H3;3*1H. The summed E-state index contributed by atoms with van der Waals surface area (Å²) in [4.78, 5) is 4.93. The quantitative estimate of drug-likeness (QED) is 0.787. The molecule has 1 fully saturated rings. The first-order valence-corrected chi connectivity index (χ1v) is 4.94. The summed E-state index contributed by atoms with van der Waals surface area (Å²) in [5, 5.41) is 0. The molecule has 0 atom stereocenters. The molecule has 96 valence electrons. The summed E-state index contributed by atoms with van der Waals surface area (Å²) in [7, 11) is 2.19. The van der Waals surface area contributed by atoms with E-state index in [0.29, 0.717) is 0 Å². The lowest BCUT2D eigenvalue weighted by Crippen LogP contribution is -2.44. The Morgan fingerprint density at radius 3 is 1.93 bits per heavy atom. The first-order chi connectivity index (χ1) is 5.83. The van der Waals surface area contributed by atoms with Crippen LogP contribution in [0, 0.1) is 0 Å². The molecule has 0 aromatic carbocycles. The number of nitrogens with two attached hydrogens (primary N) is 1. The van der Waals surface area contributed by atoms with Crippen LogP contribution in [0.2, 0.25) is 0 Å². The molecule has 0 bridgehead atoms. The monoisotopic (exact) mass is 279 g/mol. The lowest BCUT2D eigenvalue weighted by molar-refractivity contribution is 0.152. The zero-order valence-corrected chi connectivity index (χ0v) is 11.8. The first kappa shape index (κ1) is 21.1. The molecule has 0 radical (unpaired) electrons. The fourth-order valence-electron chi connectivity index (χ4n) is 1.55. The highest BCUT2D eigenvalue weighted by molar-refractivity contribution is 5.86. The lowest BCUT2D eigenvalue weighted by Gasteiger charge is -2.32. The maximum Gasteiger partial charge on any atom is 0.0110 e. The zero-order chi connectivity index (χ0) is 8.81. The van der Waals surface area contributed by atoms with Gasteiger partial charge in [-0.05, 0) is 33.0 Å². The Labute approximate surface area is 112 Å². The van der Waals surface area contributed by atoms with E-state index in [1.807, 2.05) is 0 Å². The van der Waals surface area contributed by atoms with Crippen LogP contribution in [0.25, 0.3) is 0 Å². The third kappa shape index (κ3) is 9.67. The molecule has 0 aromatic heterocycles. The second-order valence-electron chi connectivity index (χ2n) is 3.64. The Bertz CT molecular complexity index is 119. The van der Waals surface area contributed by atoms with Crippen LogP contribution in [0.15, 0.2) is 0 Å². The molecule has 6 heteroatoms. The average Bonchev–Trinajstić information content (AvgIpc) is 2.09. The largest absolute Gasteiger partial charge is 0.330 e.